The minimum atomic E-state index is -3.59. The Kier molecular flexibility index (Phi) is 3.63. The molecule has 3 nitrogen and oxygen atoms in total. The van der Waals surface area contributed by atoms with Crippen LogP contribution in [-0.4, -0.2) is 19.3 Å². The molecule has 6 heteroatoms. The zero-order valence-electron chi connectivity index (χ0n) is 11.9. The number of rotatable bonds is 2. The van der Waals surface area contributed by atoms with Crippen molar-refractivity contribution < 1.29 is 12.8 Å². The summed E-state index contributed by atoms with van der Waals surface area (Å²) in [5, 5.41) is 2.00. The summed E-state index contributed by atoms with van der Waals surface area (Å²) in [4.78, 5) is 1.50. The fraction of sp³-hybridized carbons (Fsp3) is 0.333. The standard InChI is InChI=1S/C15H16FNO2S2/c1-10-7-13(16)8-11(2)15(10)21(18,19)17-5-3-14-12(9-17)4-6-20-14/h4,6-8H,3,5,9H2,1-2H3. The van der Waals surface area contributed by atoms with Crippen molar-refractivity contribution in [3.63, 3.8) is 0 Å². The fourth-order valence-electron chi connectivity index (χ4n) is 2.86. The third-order valence-electron chi connectivity index (χ3n) is 3.80. The lowest BCUT2D eigenvalue weighted by Crippen LogP contribution is -2.36. The number of benzene rings is 1. The lowest BCUT2D eigenvalue weighted by atomic mass is 10.1. The molecule has 0 N–H and O–H groups in total. The van der Waals surface area contributed by atoms with E-state index in [0.717, 1.165) is 12.0 Å². The van der Waals surface area contributed by atoms with E-state index in [1.165, 1.54) is 21.3 Å². The van der Waals surface area contributed by atoms with Crippen LogP contribution < -0.4 is 0 Å². The molecule has 0 bridgehead atoms. The molecule has 0 radical (unpaired) electrons. The Hall–Kier alpha value is -1.24. The SMILES string of the molecule is Cc1cc(F)cc(C)c1S(=O)(=O)N1CCc2sccc2C1. The molecule has 1 aromatic carbocycles. The van der Waals surface area contributed by atoms with Gasteiger partial charge in [-0.1, -0.05) is 0 Å². The lowest BCUT2D eigenvalue weighted by Gasteiger charge is -2.27. The summed E-state index contributed by atoms with van der Waals surface area (Å²) in [6.45, 7) is 4.16. The number of hydrogen-bond acceptors (Lipinski definition) is 3. The van der Waals surface area contributed by atoms with Gasteiger partial charge in [-0.2, -0.15) is 4.31 Å². The first kappa shape index (κ1) is 14.7. The van der Waals surface area contributed by atoms with Gasteiger partial charge >= 0.3 is 0 Å². The average Bonchev–Trinajstić information content (AvgIpc) is 2.83. The summed E-state index contributed by atoms with van der Waals surface area (Å²) in [6.07, 6.45) is 0.742. The molecule has 3 rings (SSSR count). The van der Waals surface area contributed by atoms with Crippen molar-refractivity contribution in [2.75, 3.05) is 6.54 Å². The number of thiophene rings is 1. The summed E-state index contributed by atoms with van der Waals surface area (Å²) in [6, 6.07) is 4.53. The molecule has 0 amide bonds. The summed E-state index contributed by atoms with van der Waals surface area (Å²) < 4.78 is 40.6. The number of sulfonamides is 1. The van der Waals surface area contributed by atoms with Crippen LogP contribution in [0.3, 0.4) is 0 Å². The fourth-order valence-corrected chi connectivity index (χ4v) is 5.58. The van der Waals surface area contributed by atoms with Crippen LogP contribution in [0.2, 0.25) is 0 Å². The second-order valence-electron chi connectivity index (χ2n) is 5.33. The Balaban J connectivity index is 2.03. The predicted molar refractivity (Wildman–Crippen MR) is 81.5 cm³/mol. The van der Waals surface area contributed by atoms with Crippen molar-refractivity contribution in [1.29, 1.82) is 0 Å². The molecule has 0 saturated heterocycles. The minimum Gasteiger partial charge on any atom is -0.207 e. The first-order chi connectivity index (χ1) is 9.89. The minimum absolute atomic E-state index is 0.238. The second-order valence-corrected chi connectivity index (χ2v) is 8.20. The van der Waals surface area contributed by atoms with Gasteiger partial charge < -0.3 is 0 Å². The molecule has 1 aliphatic rings. The van der Waals surface area contributed by atoms with Gasteiger partial charge in [-0.3, -0.25) is 0 Å². The molecule has 1 aromatic heterocycles. The summed E-state index contributed by atoms with van der Waals surface area (Å²) in [5.74, 6) is -0.400. The summed E-state index contributed by atoms with van der Waals surface area (Å²) in [7, 11) is -3.59. The van der Waals surface area contributed by atoms with E-state index in [-0.39, 0.29) is 4.90 Å². The molecule has 0 saturated carbocycles. The van der Waals surface area contributed by atoms with Crippen LogP contribution in [0.1, 0.15) is 21.6 Å². The molecule has 2 aromatic rings. The van der Waals surface area contributed by atoms with Gasteiger partial charge in [0.1, 0.15) is 5.82 Å². The van der Waals surface area contributed by atoms with Gasteiger partial charge in [0.2, 0.25) is 10.0 Å². The Morgan fingerprint density at radius 1 is 1.24 bits per heavy atom. The Morgan fingerprint density at radius 2 is 1.90 bits per heavy atom. The van der Waals surface area contributed by atoms with Crippen molar-refractivity contribution in [2.24, 2.45) is 0 Å². The van der Waals surface area contributed by atoms with E-state index >= 15 is 0 Å². The normalized spacial score (nSPS) is 16.0. The number of hydrogen-bond donors (Lipinski definition) is 0. The first-order valence-electron chi connectivity index (χ1n) is 6.72. The predicted octanol–water partition coefficient (Wildman–Crippen LogP) is 3.25. The van der Waals surface area contributed by atoms with Gasteiger partial charge in [-0.25, -0.2) is 12.8 Å². The van der Waals surface area contributed by atoms with Crippen molar-refractivity contribution in [1.82, 2.24) is 4.31 Å². The van der Waals surface area contributed by atoms with E-state index < -0.39 is 15.8 Å². The van der Waals surface area contributed by atoms with Crippen LogP contribution in [-0.2, 0) is 23.0 Å². The van der Waals surface area contributed by atoms with Crippen LogP contribution in [0.4, 0.5) is 4.39 Å². The molecule has 21 heavy (non-hydrogen) atoms. The maximum atomic E-state index is 13.4. The third kappa shape index (κ3) is 2.52. The van der Waals surface area contributed by atoms with Crippen LogP contribution in [0.15, 0.2) is 28.5 Å². The van der Waals surface area contributed by atoms with Gasteiger partial charge in [0.25, 0.3) is 0 Å². The Bertz CT molecular complexity index is 773. The third-order valence-corrected chi connectivity index (χ3v) is 6.97. The maximum Gasteiger partial charge on any atom is 0.243 e. The zero-order chi connectivity index (χ0) is 15.2. The van der Waals surface area contributed by atoms with Gasteiger partial charge in [-0.15, -0.1) is 11.3 Å². The highest BCUT2D eigenvalue weighted by molar-refractivity contribution is 7.89. The largest absolute Gasteiger partial charge is 0.243 e. The number of halogens is 1. The highest BCUT2D eigenvalue weighted by Gasteiger charge is 2.31. The second kappa shape index (κ2) is 5.19. The summed E-state index contributed by atoms with van der Waals surface area (Å²) in [5.41, 5.74) is 2.00. The average molecular weight is 325 g/mol. The molecule has 0 fully saturated rings. The molecule has 2 heterocycles. The molecular weight excluding hydrogens is 309 g/mol. The van der Waals surface area contributed by atoms with E-state index in [2.05, 4.69) is 0 Å². The molecule has 1 aliphatic heterocycles. The molecular formula is C15H16FNO2S2. The molecule has 0 aliphatic carbocycles. The highest BCUT2D eigenvalue weighted by Crippen LogP contribution is 2.30. The van der Waals surface area contributed by atoms with Crippen LogP contribution in [0.25, 0.3) is 0 Å². The van der Waals surface area contributed by atoms with Gasteiger partial charge in [0, 0.05) is 18.0 Å². The molecule has 0 unspecified atom stereocenters. The Labute approximate surface area is 128 Å². The van der Waals surface area contributed by atoms with E-state index in [4.69, 9.17) is 0 Å². The number of nitrogens with zero attached hydrogens (tertiary/aromatic N) is 1. The van der Waals surface area contributed by atoms with E-state index in [1.807, 2.05) is 11.4 Å². The summed E-state index contributed by atoms with van der Waals surface area (Å²) >= 11 is 1.67. The topological polar surface area (TPSA) is 37.4 Å². The van der Waals surface area contributed by atoms with Gasteiger partial charge in [0.15, 0.2) is 0 Å². The van der Waals surface area contributed by atoms with E-state index in [0.29, 0.717) is 24.2 Å². The number of fused-ring (bicyclic) bond motifs is 1. The van der Waals surface area contributed by atoms with Crippen LogP contribution >= 0.6 is 11.3 Å². The van der Waals surface area contributed by atoms with Crippen molar-refractivity contribution >= 4 is 21.4 Å². The maximum absolute atomic E-state index is 13.4. The van der Waals surface area contributed by atoms with Crippen LogP contribution in [0, 0.1) is 19.7 Å². The monoisotopic (exact) mass is 325 g/mol. The highest BCUT2D eigenvalue weighted by atomic mass is 32.2. The van der Waals surface area contributed by atoms with E-state index in [1.54, 1.807) is 25.2 Å². The molecule has 0 atom stereocenters. The van der Waals surface area contributed by atoms with E-state index in [9.17, 15) is 12.8 Å². The molecule has 0 spiro atoms. The quantitative estimate of drug-likeness (QED) is 0.850. The van der Waals surface area contributed by atoms with Crippen LogP contribution in [0.5, 0.6) is 0 Å². The zero-order valence-corrected chi connectivity index (χ0v) is 13.5. The van der Waals surface area contributed by atoms with Crippen molar-refractivity contribution in [3.8, 4) is 0 Å². The smallest absolute Gasteiger partial charge is 0.207 e. The number of aryl methyl sites for hydroxylation is 2. The first-order valence-corrected chi connectivity index (χ1v) is 9.03. The molecule has 112 valence electrons. The Morgan fingerprint density at radius 3 is 2.57 bits per heavy atom. The van der Waals surface area contributed by atoms with Gasteiger partial charge in [-0.05, 0) is 60.5 Å². The van der Waals surface area contributed by atoms with Gasteiger partial charge in [0.05, 0.1) is 4.90 Å². The van der Waals surface area contributed by atoms with Crippen molar-refractivity contribution in [3.05, 3.63) is 51.0 Å². The lowest BCUT2D eigenvalue weighted by molar-refractivity contribution is 0.393. The van der Waals surface area contributed by atoms with Crippen molar-refractivity contribution in [2.45, 2.75) is 31.7 Å².